The number of imidazole rings is 1. The molecule has 152 valence electrons. The molecule has 3 rings (SSSR count). The van der Waals surface area contributed by atoms with Gasteiger partial charge in [-0.25, -0.2) is 0 Å². The average molecular weight is 403 g/mol. The van der Waals surface area contributed by atoms with Gasteiger partial charge in [-0.3, -0.25) is 14.3 Å². The van der Waals surface area contributed by atoms with E-state index in [1.54, 1.807) is 10.8 Å². The van der Waals surface area contributed by atoms with Gasteiger partial charge in [-0.2, -0.15) is 0 Å². The number of hydrogen-bond donors (Lipinski definition) is 2. The molecule has 1 aliphatic heterocycles. The minimum Gasteiger partial charge on any atom is -0.379 e. The van der Waals surface area contributed by atoms with Crippen molar-refractivity contribution in [3.05, 3.63) is 47.0 Å². The van der Waals surface area contributed by atoms with Crippen molar-refractivity contribution in [2.75, 3.05) is 32.8 Å². The van der Waals surface area contributed by atoms with E-state index in [9.17, 15) is 4.79 Å². The molecule has 1 fully saturated rings. The maximum absolute atomic E-state index is 13.0. The molecular weight excluding hydrogens is 372 g/mol. The van der Waals surface area contributed by atoms with Crippen LogP contribution in [0.15, 0.2) is 36.5 Å². The van der Waals surface area contributed by atoms with Crippen LogP contribution < -0.4 is 5.32 Å². The monoisotopic (exact) mass is 402 g/mol. The van der Waals surface area contributed by atoms with Crippen LogP contribution in [0, 0.1) is 10.7 Å². The molecule has 0 spiro atoms. The summed E-state index contributed by atoms with van der Waals surface area (Å²) < 4.78 is 7.81. The lowest BCUT2D eigenvalue weighted by molar-refractivity contribution is 0.00189. The molecular formula is C21H30N4O2S. The van der Waals surface area contributed by atoms with E-state index in [1.165, 1.54) is 0 Å². The number of para-hydroxylation sites is 1. The number of aromatic amines is 1. The first-order chi connectivity index (χ1) is 13.7. The maximum atomic E-state index is 13.0. The minimum absolute atomic E-state index is 0.111. The second-order valence-corrected chi connectivity index (χ2v) is 7.54. The largest absolute Gasteiger partial charge is 0.379 e. The van der Waals surface area contributed by atoms with Crippen LogP contribution in [0.5, 0.6) is 0 Å². The van der Waals surface area contributed by atoms with Crippen molar-refractivity contribution >= 4 is 18.1 Å². The Morgan fingerprint density at radius 3 is 2.54 bits per heavy atom. The summed E-state index contributed by atoms with van der Waals surface area (Å²) in [5, 5.41) is 3.16. The maximum Gasteiger partial charge on any atom is 0.269 e. The van der Waals surface area contributed by atoms with E-state index in [0.29, 0.717) is 29.0 Å². The van der Waals surface area contributed by atoms with E-state index < -0.39 is 0 Å². The number of carbonyl (C=O) groups excluding carboxylic acids is 1. The van der Waals surface area contributed by atoms with Crippen LogP contribution in [-0.4, -0.2) is 59.2 Å². The lowest BCUT2D eigenvalue weighted by atomic mass is 9.92. The summed E-state index contributed by atoms with van der Waals surface area (Å²) >= 11 is 5.40. The topological polar surface area (TPSA) is 62.3 Å². The smallest absolute Gasteiger partial charge is 0.269 e. The zero-order valence-corrected chi connectivity index (χ0v) is 17.5. The van der Waals surface area contributed by atoms with Crippen molar-refractivity contribution < 1.29 is 9.53 Å². The third-order valence-corrected chi connectivity index (χ3v) is 5.90. The first kappa shape index (κ1) is 20.8. The number of H-pyrrole nitrogens is 1. The van der Waals surface area contributed by atoms with Crippen molar-refractivity contribution in [3.63, 3.8) is 0 Å². The summed E-state index contributed by atoms with van der Waals surface area (Å²) in [7, 11) is 0. The summed E-state index contributed by atoms with van der Waals surface area (Å²) in [5.41, 5.74) is 1.41. The van der Waals surface area contributed by atoms with Crippen molar-refractivity contribution in [3.8, 4) is 5.69 Å². The molecule has 1 aromatic heterocycles. The van der Waals surface area contributed by atoms with Gasteiger partial charge >= 0.3 is 0 Å². The van der Waals surface area contributed by atoms with Gasteiger partial charge in [0.25, 0.3) is 5.91 Å². The zero-order chi connectivity index (χ0) is 19.9. The van der Waals surface area contributed by atoms with Crippen molar-refractivity contribution in [1.29, 1.82) is 0 Å². The SMILES string of the molecule is CCC(CC)C(CNC(=O)c1c[nH]c(=S)n1-c1ccccc1)N1CCOCC1. The second kappa shape index (κ2) is 10.0. The highest BCUT2D eigenvalue weighted by atomic mass is 32.1. The number of benzene rings is 1. The van der Waals surface area contributed by atoms with Gasteiger partial charge < -0.3 is 15.0 Å². The summed E-state index contributed by atoms with van der Waals surface area (Å²) in [6.07, 6.45) is 3.88. The molecule has 1 aromatic carbocycles. The summed E-state index contributed by atoms with van der Waals surface area (Å²) in [5.74, 6) is 0.431. The Hall–Kier alpha value is -1.96. The highest BCUT2D eigenvalue weighted by Gasteiger charge is 2.27. The Bertz CT molecular complexity index is 807. The van der Waals surface area contributed by atoms with Gasteiger partial charge in [0.05, 0.1) is 13.2 Å². The molecule has 1 atom stereocenters. The van der Waals surface area contributed by atoms with Crippen LogP contribution >= 0.6 is 12.2 Å². The molecule has 28 heavy (non-hydrogen) atoms. The lowest BCUT2D eigenvalue weighted by Crippen LogP contribution is -2.52. The molecule has 1 saturated heterocycles. The first-order valence-corrected chi connectivity index (χ1v) is 10.5. The molecule has 1 unspecified atom stereocenters. The Labute approximate surface area is 171 Å². The number of amides is 1. The standard InChI is InChI=1S/C21H30N4O2S/c1-3-16(4-2)18(24-10-12-27-13-11-24)14-22-20(26)19-15-23-21(28)25(19)17-8-6-5-7-9-17/h5-9,15-16,18H,3-4,10-14H2,1-2H3,(H,22,26)(H,23,28). The van der Waals surface area contributed by atoms with E-state index in [0.717, 1.165) is 44.8 Å². The van der Waals surface area contributed by atoms with Crippen LogP contribution in [0.4, 0.5) is 0 Å². The number of nitrogens with one attached hydrogen (secondary N) is 2. The molecule has 1 aliphatic rings. The molecule has 0 aliphatic carbocycles. The van der Waals surface area contributed by atoms with E-state index >= 15 is 0 Å². The van der Waals surface area contributed by atoms with Gasteiger partial charge in [0.1, 0.15) is 5.69 Å². The number of aromatic nitrogens is 2. The van der Waals surface area contributed by atoms with Crippen molar-refractivity contribution in [1.82, 2.24) is 19.8 Å². The van der Waals surface area contributed by atoms with Crippen LogP contribution in [-0.2, 0) is 4.74 Å². The van der Waals surface area contributed by atoms with Gasteiger partial charge in [-0.1, -0.05) is 44.9 Å². The molecule has 6 nitrogen and oxygen atoms in total. The molecule has 0 saturated carbocycles. The van der Waals surface area contributed by atoms with Gasteiger partial charge in [-0.05, 0) is 30.3 Å². The summed E-state index contributed by atoms with van der Waals surface area (Å²) in [6, 6.07) is 10.0. The fourth-order valence-electron chi connectivity index (χ4n) is 3.99. The molecule has 2 N–H and O–H groups in total. The Morgan fingerprint density at radius 1 is 1.21 bits per heavy atom. The molecule has 0 radical (unpaired) electrons. The van der Waals surface area contributed by atoms with Crippen molar-refractivity contribution in [2.24, 2.45) is 5.92 Å². The molecule has 2 aromatic rings. The van der Waals surface area contributed by atoms with Gasteiger partial charge in [0.2, 0.25) is 0 Å². The third kappa shape index (κ3) is 4.71. The number of rotatable bonds is 8. The minimum atomic E-state index is -0.111. The second-order valence-electron chi connectivity index (χ2n) is 7.15. The third-order valence-electron chi connectivity index (χ3n) is 5.60. The zero-order valence-electron chi connectivity index (χ0n) is 16.7. The van der Waals surface area contributed by atoms with E-state index in [1.807, 2.05) is 30.3 Å². The van der Waals surface area contributed by atoms with Gasteiger partial charge in [-0.15, -0.1) is 0 Å². The predicted molar refractivity (Wildman–Crippen MR) is 114 cm³/mol. The number of hydrogen-bond acceptors (Lipinski definition) is 4. The van der Waals surface area contributed by atoms with Crippen molar-refractivity contribution in [2.45, 2.75) is 32.7 Å². The Balaban J connectivity index is 1.76. The summed E-state index contributed by atoms with van der Waals surface area (Å²) in [4.78, 5) is 18.5. The number of morpholine rings is 1. The van der Waals surface area contributed by atoms with Crippen LogP contribution in [0.25, 0.3) is 5.69 Å². The number of ether oxygens (including phenoxy) is 1. The number of carbonyl (C=O) groups is 1. The molecule has 7 heteroatoms. The highest BCUT2D eigenvalue weighted by molar-refractivity contribution is 7.71. The Kier molecular flexibility index (Phi) is 7.42. The van der Waals surface area contributed by atoms with E-state index in [4.69, 9.17) is 17.0 Å². The summed E-state index contributed by atoms with van der Waals surface area (Å²) in [6.45, 7) is 8.43. The van der Waals surface area contributed by atoms with E-state index in [2.05, 4.69) is 29.0 Å². The Morgan fingerprint density at radius 2 is 1.89 bits per heavy atom. The van der Waals surface area contributed by atoms with E-state index in [-0.39, 0.29) is 5.91 Å². The van der Waals surface area contributed by atoms with Gasteiger partial charge in [0.15, 0.2) is 4.77 Å². The quantitative estimate of drug-likeness (QED) is 0.665. The number of nitrogens with zero attached hydrogens (tertiary/aromatic N) is 2. The molecule has 2 heterocycles. The highest BCUT2D eigenvalue weighted by Crippen LogP contribution is 2.20. The fourth-order valence-corrected chi connectivity index (χ4v) is 4.26. The molecule has 1 amide bonds. The fraction of sp³-hybridized carbons (Fsp3) is 0.524. The van der Waals surface area contributed by atoms with Crippen LogP contribution in [0.2, 0.25) is 0 Å². The first-order valence-electron chi connectivity index (χ1n) is 10.1. The molecule has 0 bridgehead atoms. The normalized spacial score (nSPS) is 16.2. The average Bonchev–Trinajstić information content (AvgIpc) is 3.13. The van der Waals surface area contributed by atoms with Gasteiger partial charge in [0, 0.05) is 37.6 Å². The lowest BCUT2D eigenvalue weighted by Gasteiger charge is -2.38. The van der Waals surface area contributed by atoms with Crippen LogP contribution in [0.1, 0.15) is 37.2 Å². The predicted octanol–water partition coefficient (Wildman–Crippen LogP) is 3.40. The van der Waals surface area contributed by atoms with Crippen LogP contribution in [0.3, 0.4) is 0 Å².